The number of hydrogen-bond acceptors (Lipinski definition) is 0. The molecule has 0 spiro atoms. The van der Waals surface area contributed by atoms with Gasteiger partial charge >= 0.3 is 0 Å². The highest BCUT2D eigenvalue weighted by Gasteiger charge is 2.27. The minimum absolute atomic E-state index is 0.0420. The lowest BCUT2D eigenvalue weighted by Crippen LogP contribution is -2.24. The summed E-state index contributed by atoms with van der Waals surface area (Å²) >= 11 is 0. The van der Waals surface area contributed by atoms with E-state index in [1.807, 2.05) is 13.0 Å². The van der Waals surface area contributed by atoms with E-state index in [-0.39, 0.29) is 16.6 Å². The SMILES string of the molecule is Cc1ccc(C(C)(C)CCC(C)(C)c2ccc3cc4ccccc4cc3c2)cc1F. The highest BCUT2D eigenvalue weighted by atomic mass is 19.1. The van der Waals surface area contributed by atoms with Gasteiger partial charge in [0.1, 0.15) is 5.82 Å². The van der Waals surface area contributed by atoms with Crippen LogP contribution in [0.5, 0.6) is 0 Å². The summed E-state index contributed by atoms with van der Waals surface area (Å²) in [5, 5.41) is 5.13. The number of hydrogen-bond donors (Lipinski definition) is 0. The molecule has 0 atom stereocenters. The first kappa shape index (κ1) is 20.6. The summed E-state index contributed by atoms with van der Waals surface area (Å²) in [6.07, 6.45) is 2.03. The normalized spacial score (nSPS) is 12.6. The van der Waals surface area contributed by atoms with Gasteiger partial charge in [-0.1, -0.05) is 82.3 Å². The Labute approximate surface area is 179 Å². The van der Waals surface area contributed by atoms with Crippen molar-refractivity contribution in [1.82, 2.24) is 0 Å². The van der Waals surface area contributed by atoms with Crippen molar-refractivity contribution in [3.8, 4) is 0 Å². The molecule has 0 aliphatic rings. The molecule has 0 aliphatic heterocycles. The van der Waals surface area contributed by atoms with Crippen molar-refractivity contribution < 1.29 is 4.39 Å². The van der Waals surface area contributed by atoms with Crippen molar-refractivity contribution in [3.05, 3.63) is 95.3 Å². The Balaban J connectivity index is 1.59. The largest absolute Gasteiger partial charge is 0.207 e. The fourth-order valence-corrected chi connectivity index (χ4v) is 4.29. The van der Waals surface area contributed by atoms with Gasteiger partial charge in [-0.3, -0.25) is 0 Å². The topological polar surface area (TPSA) is 0 Å². The molecule has 4 aromatic rings. The standard InChI is InChI=1S/C29H31F/c1-20-10-12-26(19-27(20)30)29(4,5)15-14-28(2,3)25-13-11-23-16-21-8-6-7-9-22(21)17-24(23)18-25/h6-13,16-19H,14-15H2,1-5H3. The fraction of sp³-hybridized carbons (Fsp3) is 0.310. The van der Waals surface area contributed by atoms with E-state index in [9.17, 15) is 4.39 Å². The molecule has 1 heteroatoms. The van der Waals surface area contributed by atoms with E-state index in [1.165, 1.54) is 27.1 Å². The van der Waals surface area contributed by atoms with Crippen LogP contribution in [-0.2, 0) is 10.8 Å². The van der Waals surface area contributed by atoms with Crippen molar-refractivity contribution in [2.75, 3.05) is 0 Å². The Hall–Kier alpha value is -2.67. The lowest BCUT2D eigenvalue weighted by molar-refractivity contribution is 0.374. The molecule has 0 saturated heterocycles. The predicted octanol–water partition coefficient (Wildman–Crippen LogP) is 8.48. The summed E-state index contributed by atoms with van der Waals surface area (Å²) < 4.78 is 14.1. The monoisotopic (exact) mass is 398 g/mol. The average molecular weight is 399 g/mol. The lowest BCUT2D eigenvalue weighted by Gasteiger charge is -2.32. The molecular formula is C29H31F. The third-order valence-corrected chi connectivity index (χ3v) is 6.81. The molecule has 4 rings (SSSR count). The highest BCUT2D eigenvalue weighted by molar-refractivity contribution is 5.98. The van der Waals surface area contributed by atoms with Crippen LogP contribution in [0.2, 0.25) is 0 Å². The molecule has 4 aromatic carbocycles. The number of benzene rings is 4. The smallest absolute Gasteiger partial charge is 0.126 e. The molecule has 0 saturated carbocycles. The van der Waals surface area contributed by atoms with Gasteiger partial charge in [0.25, 0.3) is 0 Å². The van der Waals surface area contributed by atoms with Gasteiger partial charge in [0, 0.05) is 0 Å². The van der Waals surface area contributed by atoms with E-state index in [4.69, 9.17) is 0 Å². The van der Waals surface area contributed by atoms with Crippen LogP contribution < -0.4 is 0 Å². The van der Waals surface area contributed by atoms with E-state index in [1.54, 1.807) is 6.07 Å². The Kier molecular flexibility index (Phi) is 5.18. The zero-order valence-electron chi connectivity index (χ0n) is 18.7. The van der Waals surface area contributed by atoms with Crippen molar-refractivity contribution >= 4 is 21.5 Å². The second-order valence-electron chi connectivity index (χ2n) is 9.99. The van der Waals surface area contributed by atoms with Crippen LogP contribution in [0, 0.1) is 12.7 Å². The Morgan fingerprint density at radius 3 is 1.70 bits per heavy atom. The minimum Gasteiger partial charge on any atom is -0.207 e. The highest BCUT2D eigenvalue weighted by Crippen LogP contribution is 2.37. The molecule has 0 nitrogen and oxygen atoms in total. The second kappa shape index (κ2) is 7.54. The average Bonchev–Trinajstić information content (AvgIpc) is 2.72. The molecule has 0 aliphatic carbocycles. The first-order valence-corrected chi connectivity index (χ1v) is 10.9. The van der Waals surface area contributed by atoms with E-state index >= 15 is 0 Å². The van der Waals surface area contributed by atoms with Crippen LogP contribution >= 0.6 is 0 Å². The molecule has 0 radical (unpaired) electrons. The van der Waals surface area contributed by atoms with Crippen LogP contribution in [0.25, 0.3) is 21.5 Å². The molecule has 30 heavy (non-hydrogen) atoms. The molecular weight excluding hydrogens is 367 g/mol. The minimum atomic E-state index is -0.110. The molecule has 0 heterocycles. The van der Waals surface area contributed by atoms with E-state index in [0.29, 0.717) is 5.56 Å². The van der Waals surface area contributed by atoms with Gasteiger partial charge in [0.2, 0.25) is 0 Å². The zero-order chi connectivity index (χ0) is 21.5. The summed E-state index contributed by atoms with van der Waals surface area (Å²) in [5.41, 5.74) is 3.11. The van der Waals surface area contributed by atoms with Crippen molar-refractivity contribution in [1.29, 1.82) is 0 Å². The molecule has 0 N–H and O–H groups in total. The van der Waals surface area contributed by atoms with Crippen molar-refractivity contribution in [2.24, 2.45) is 0 Å². The van der Waals surface area contributed by atoms with Gasteiger partial charge in [0.15, 0.2) is 0 Å². The van der Waals surface area contributed by atoms with Crippen LogP contribution in [0.3, 0.4) is 0 Å². The van der Waals surface area contributed by atoms with Crippen LogP contribution in [0.4, 0.5) is 4.39 Å². The molecule has 154 valence electrons. The van der Waals surface area contributed by atoms with E-state index < -0.39 is 0 Å². The van der Waals surface area contributed by atoms with Gasteiger partial charge in [-0.15, -0.1) is 0 Å². The van der Waals surface area contributed by atoms with Gasteiger partial charge in [0.05, 0.1) is 0 Å². The maximum atomic E-state index is 14.1. The number of fused-ring (bicyclic) bond motifs is 2. The quantitative estimate of drug-likeness (QED) is 0.296. The third kappa shape index (κ3) is 3.99. The number of rotatable bonds is 5. The van der Waals surface area contributed by atoms with E-state index in [0.717, 1.165) is 18.4 Å². The summed E-state index contributed by atoms with van der Waals surface area (Å²) in [4.78, 5) is 0. The summed E-state index contributed by atoms with van der Waals surface area (Å²) in [6, 6.07) is 25.7. The first-order chi connectivity index (χ1) is 14.2. The molecule has 0 fully saturated rings. The van der Waals surface area contributed by atoms with E-state index in [2.05, 4.69) is 88.4 Å². The maximum Gasteiger partial charge on any atom is 0.126 e. The fourth-order valence-electron chi connectivity index (χ4n) is 4.29. The zero-order valence-corrected chi connectivity index (χ0v) is 18.7. The Morgan fingerprint density at radius 1 is 0.600 bits per heavy atom. The Morgan fingerprint density at radius 2 is 1.10 bits per heavy atom. The van der Waals surface area contributed by atoms with Crippen molar-refractivity contribution in [3.63, 3.8) is 0 Å². The van der Waals surface area contributed by atoms with Gasteiger partial charge in [-0.25, -0.2) is 4.39 Å². The van der Waals surface area contributed by atoms with Crippen molar-refractivity contribution in [2.45, 2.75) is 58.3 Å². The predicted molar refractivity (Wildman–Crippen MR) is 128 cm³/mol. The Bertz CT molecular complexity index is 1210. The molecule has 0 aromatic heterocycles. The molecule has 0 unspecified atom stereocenters. The summed E-state index contributed by atoms with van der Waals surface area (Å²) in [6.45, 7) is 10.9. The van der Waals surface area contributed by atoms with Gasteiger partial charge in [-0.2, -0.15) is 0 Å². The first-order valence-electron chi connectivity index (χ1n) is 10.9. The van der Waals surface area contributed by atoms with Gasteiger partial charge in [-0.05, 0) is 87.0 Å². The third-order valence-electron chi connectivity index (χ3n) is 6.81. The number of aryl methyl sites for hydroxylation is 1. The second-order valence-corrected chi connectivity index (χ2v) is 9.99. The number of halogens is 1. The lowest BCUT2D eigenvalue weighted by atomic mass is 9.72. The van der Waals surface area contributed by atoms with Crippen LogP contribution in [-0.4, -0.2) is 0 Å². The molecule has 0 amide bonds. The summed E-state index contributed by atoms with van der Waals surface area (Å²) in [5.74, 6) is -0.110. The maximum absolute atomic E-state index is 14.1. The van der Waals surface area contributed by atoms with Crippen LogP contribution in [0.1, 0.15) is 57.2 Å². The summed E-state index contributed by atoms with van der Waals surface area (Å²) in [7, 11) is 0. The van der Waals surface area contributed by atoms with Crippen LogP contribution in [0.15, 0.2) is 72.8 Å². The molecule has 0 bridgehead atoms. The van der Waals surface area contributed by atoms with Gasteiger partial charge < -0.3 is 0 Å².